The van der Waals surface area contributed by atoms with Crippen LogP contribution in [0.4, 0.5) is 0 Å². The number of rotatable bonds is 3. The predicted molar refractivity (Wildman–Crippen MR) is 39.6 cm³/mol. The van der Waals surface area contributed by atoms with E-state index in [1.807, 2.05) is 6.92 Å². The monoisotopic (exact) mass is 145 g/mol. The lowest BCUT2D eigenvalue weighted by Gasteiger charge is -2.23. The van der Waals surface area contributed by atoms with Gasteiger partial charge in [0.05, 0.1) is 12.6 Å². The normalized spacial score (nSPS) is 12.8. The Hall–Kier alpha value is -0.570. The average Bonchev–Trinajstić information content (AvgIpc) is 1.90. The highest BCUT2D eigenvalue weighted by molar-refractivity contribution is 5.73. The number of aliphatic hydroxyl groups excluding tert-OH is 1. The van der Waals surface area contributed by atoms with Crippen molar-refractivity contribution in [2.75, 3.05) is 13.7 Å². The highest BCUT2D eigenvalue weighted by Gasteiger charge is 2.12. The van der Waals surface area contributed by atoms with Crippen molar-refractivity contribution in [3.8, 4) is 0 Å². The van der Waals surface area contributed by atoms with Crippen LogP contribution in [0.1, 0.15) is 20.3 Å². The first-order chi connectivity index (χ1) is 4.63. The van der Waals surface area contributed by atoms with E-state index in [4.69, 9.17) is 5.11 Å². The number of amides is 1. The van der Waals surface area contributed by atoms with E-state index in [0.29, 0.717) is 0 Å². The van der Waals surface area contributed by atoms with Crippen molar-refractivity contribution >= 4 is 5.91 Å². The molecule has 0 aromatic heterocycles. The third kappa shape index (κ3) is 2.35. The Labute approximate surface area is 61.6 Å². The maximum absolute atomic E-state index is 10.7. The van der Waals surface area contributed by atoms with Crippen LogP contribution < -0.4 is 0 Å². The minimum Gasteiger partial charge on any atom is -0.394 e. The number of carbonyl (C=O) groups excluding carboxylic acids is 1. The van der Waals surface area contributed by atoms with E-state index in [1.54, 1.807) is 11.9 Å². The largest absolute Gasteiger partial charge is 0.394 e. The summed E-state index contributed by atoms with van der Waals surface area (Å²) in [7, 11) is 1.70. The van der Waals surface area contributed by atoms with Crippen LogP contribution in [0.3, 0.4) is 0 Å². The Morgan fingerprint density at radius 1 is 1.70 bits per heavy atom. The fraction of sp³-hybridized carbons (Fsp3) is 0.857. The number of hydrogen-bond acceptors (Lipinski definition) is 2. The summed E-state index contributed by atoms with van der Waals surface area (Å²) in [5.74, 6) is 0.000833. The van der Waals surface area contributed by atoms with Crippen LogP contribution in [0.15, 0.2) is 0 Å². The van der Waals surface area contributed by atoms with Crippen LogP contribution in [0.2, 0.25) is 0 Å². The number of likely N-dealkylation sites (N-methyl/N-ethyl adjacent to an activating group) is 1. The molecule has 1 atom stereocenters. The third-order valence-electron chi connectivity index (χ3n) is 1.73. The first-order valence-electron chi connectivity index (χ1n) is 3.47. The standard InChI is InChI=1S/C7H15NO2/c1-4-7(5-9)8(3)6(2)10/h7,9H,4-5H2,1-3H3/t7-/m1/s1. The highest BCUT2D eigenvalue weighted by atomic mass is 16.3. The van der Waals surface area contributed by atoms with Crippen molar-refractivity contribution in [2.45, 2.75) is 26.3 Å². The van der Waals surface area contributed by atoms with Crippen molar-refractivity contribution in [3.05, 3.63) is 0 Å². The van der Waals surface area contributed by atoms with Gasteiger partial charge in [0.25, 0.3) is 0 Å². The molecule has 0 fully saturated rings. The number of hydrogen-bond donors (Lipinski definition) is 1. The van der Waals surface area contributed by atoms with Gasteiger partial charge in [0.1, 0.15) is 0 Å². The lowest BCUT2D eigenvalue weighted by Crippen LogP contribution is -2.37. The Balaban J connectivity index is 3.88. The van der Waals surface area contributed by atoms with Gasteiger partial charge in [-0.2, -0.15) is 0 Å². The molecule has 0 bridgehead atoms. The number of carbonyl (C=O) groups is 1. The molecule has 0 spiro atoms. The zero-order valence-electron chi connectivity index (χ0n) is 6.79. The molecule has 0 saturated carbocycles. The van der Waals surface area contributed by atoms with Gasteiger partial charge in [-0.3, -0.25) is 4.79 Å². The molecule has 0 aliphatic rings. The molecule has 0 radical (unpaired) electrons. The van der Waals surface area contributed by atoms with E-state index in [2.05, 4.69) is 0 Å². The topological polar surface area (TPSA) is 40.5 Å². The molecular weight excluding hydrogens is 130 g/mol. The van der Waals surface area contributed by atoms with E-state index in [1.165, 1.54) is 6.92 Å². The van der Waals surface area contributed by atoms with Gasteiger partial charge in [0, 0.05) is 14.0 Å². The van der Waals surface area contributed by atoms with Crippen molar-refractivity contribution in [3.63, 3.8) is 0 Å². The first kappa shape index (κ1) is 9.43. The molecule has 0 unspecified atom stereocenters. The summed E-state index contributed by atoms with van der Waals surface area (Å²) in [5.41, 5.74) is 0. The third-order valence-corrected chi connectivity index (χ3v) is 1.73. The van der Waals surface area contributed by atoms with E-state index in [0.717, 1.165) is 6.42 Å². The molecule has 0 aliphatic carbocycles. The molecule has 1 amide bonds. The first-order valence-corrected chi connectivity index (χ1v) is 3.47. The summed E-state index contributed by atoms with van der Waals surface area (Å²) in [5, 5.41) is 8.75. The lowest BCUT2D eigenvalue weighted by molar-refractivity contribution is -0.130. The smallest absolute Gasteiger partial charge is 0.219 e. The van der Waals surface area contributed by atoms with Crippen molar-refractivity contribution in [1.82, 2.24) is 4.90 Å². The molecule has 0 aromatic rings. The van der Waals surface area contributed by atoms with Gasteiger partial charge in [-0.15, -0.1) is 0 Å². The molecule has 0 aliphatic heterocycles. The maximum atomic E-state index is 10.7. The molecule has 0 rings (SSSR count). The van der Waals surface area contributed by atoms with Gasteiger partial charge in [-0.25, -0.2) is 0 Å². The van der Waals surface area contributed by atoms with E-state index >= 15 is 0 Å². The van der Waals surface area contributed by atoms with Crippen molar-refractivity contribution in [2.24, 2.45) is 0 Å². The van der Waals surface area contributed by atoms with Crippen LogP contribution in [-0.4, -0.2) is 35.6 Å². The fourth-order valence-corrected chi connectivity index (χ4v) is 0.783. The van der Waals surface area contributed by atoms with E-state index < -0.39 is 0 Å². The molecule has 10 heavy (non-hydrogen) atoms. The zero-order valence-corrected chi connectivity index (χ0v) is 6.79. The SMILES string of the molecule is CC[C@H](CO)N(C)C(C)=O. The second-order valence-corrected chi connectivity index (χ2v) is 2.37. The summed E-state index contributed by atoms with van der Waals surface area (Å²) in [6.45, 7) is 3.49. The molecule has 3 heteroatoms. The zero-order chi connectivity index (χ0) is 8.15. The summed E-state index contributed by atoms with van der Waals surface area (Å²) in [6, 6.07) is -0.0162. The lowest BCUT2D eigenvalue weighted by atomic mass is 10.2. The average molecular weight is 145 g/mol. The Morgan fingerprint density at radius 2 is 2.20 bits per heavy atom. The summed E-state index contributed by atoms with van der Waals surface area (Å²) < 4.78 is 0. The van der Waals surface area contributed by atoms with E-state index in [9.17, 15) is 4.79 Å². The second kappa shape index (κ2) is 4.28. The van der Waals surface area contributed by atoms with Gasteiger partial charge < -0.3 is 10.0 Å². The highest BCUT2D eigenvalue weighted by Crippen LogP contribution is 1.99. The Kier molecular flexibility index (Phi) is 4.03. The molecule has 60 valence electrons. The molecule has 0 heterocycles. The fourth-order valence-electron chi connectivity index (χ4n) is 0.783. The van der Waals surface area contributed by atoms with Gasteiger partial charge in [0.2, 0.25) is 5.91 Å². The molecule has 0 saturated heterocycles. The molecule has 3 nitrogen and oxygen atoms in total. The summed E-state index contributed by atoms with van der Waals surface area (Å²) >= 11 is 0. The van der Waals surface area contributed by atoms with E-state index in [-0.39, 0.29) is 18.6 Å². The Morgan fingerprint density at radius 3 is 2.30 bits per heavy atom. The van der Waals surface area contributed by atoms with Gasteiger partial charge in [-0.05, 0) is 6.42 Å². The van der Waals surface area contributed by atoms with Crippen LogP contribution in [0.25, 0.3) is 0 Å². The van der Waals surface area contributed by atoms with Gasteiger partial charge in [-0.1, -0.05) is 6.92 Å². The van der Waals surface area contributed by atoms with Gasteiger partial charge >= 0.3 is 0 Å². The molecule has 1 N–H and O–H groups in total. The van der Waals surface area contributed by atoms with Crippen LogP contribution in [0.5, 0.6) is 0 Å². The number of nitrogens with zero attached hydrogens (tertiary/aromatic N) is 1. The number of aliphatic hydroxyl groups is 1. The molecular formula is C7H15NO2. The quantitative estimate of drug-likeness (QED) is 0.617. The maximum Gasteiger partial charge on any atom is 0.219 e. The summed E-state index contributed by atoms with van der Waals surface area (Å²) in [4.78, 5) is 12.3. The minimum atomic E-state index is -0.0162. The second-order valence-electron chi connectivity index (χ2n) is 2.37. The minimum absolute atomic E-state index is 0.000833. The van der Waals surface area contributed by atoms with Gasteiger partial charge in [0.15, 0.2) is 0 Å². The van der Waals surface area contributed by atoms with Crippen LogP contribution in [-0.2, 0) is 4.79 Å². The molecule has 0 aromatic carbocycles. The van der Waals surface area contributed by atoms with Crippen LogP contribution >= 0.6 is 0 Å². The van der Waals surface area contributed by atoms with Crippen LogP contribution in [0, 0.1) is 0 Å². The Bertz CT molecular complexity index is 110. The summed E-state index contributed by atoms with van der Waals surface area (Å²) in [6.07, 6.45) is 0.798. The van der Waals surface area contributed by atoms with Crippen molar-refractivity contribution < 1.29 is 9.90 Å². The predicted octanol–water partition coefficient (Wildman–Crippen LogP) is 0.236. The van der Waals surface area contributed by atoms with Crippen molar-refractivity contribution in [1.29, 1.82) is 0 Å².